The molecule has 7 nitrogen and oxygen atoms in total. The number of sulfonamides is 1. The van der Waals surface area contributed by atoms with Gasteiger partial charge >= 0.3 is 11.9 Å². The Labute approximate surface area is 227 Å². The van der Waals surface area contributed by atoms with Crippen molar-refractivity contribution in [3.63, 3.8) is 0 Å². The second kappa shape index (κ2) is 11.6. The van der Waals surface area contributed by atoms with E-state index in [-0.39, 0.29) is 23.6 Å². The third-order valence-corrected chi connectivity index (χ3v) is 15.7. The molecule has 0 fully saturated rings. The minimum atomic E-state index is -3.84. The van der Waals surface area contributed by atoms with E-state index >= 15 is 0 Å². The van der Waals surface area contributed by atoms with Crippen LogP contribution in [0.3, 0.4) is 0 Å². The highest BCUT2D eigenvalue weighted by Gasteiger charge is 2.41. The third-order valence-electron chi connectivity index (χ3n) is 8.34. The summed E-state index contributed by atoms with van der Waals surface area (Å²) in [4.78, 5) is 26.0. The van der Waals surface area contributed by atoms with Crippen LogP contribution in [0.4, 0.5) is 0 Å². The van der Waals surface area contributed by atoms with Gasteiger partial charge in [0.2, 0.25) is 10.0 Å². The lowest BCUT2D eigenvalue weighted by Gasteiger charge is -2.33. The van der Waals surface area contributed by atoms with E-state index in [9.17, 15) is 18.0 Å². The first kappa shape index (κ1) is 29.8. The van der Waals surface area contributed by atoms with Crippen LogP contribution in [0.15, 0.2) is 47.4 Å². The molecular formula is C29H39NO6SSi. The van der Waals surface area contributed by atoms with Gasteiger partial charge in [-0.05, 0) is 40.9 Å². The number of carbonyl (C=O) groups is 2. The molecule has 1 unspecified atom stereocenters. The van der Waals surface area contributed by atoms with Crippen molar-refractivity contribution < 1.29 is 27.5 Å². The van der Waals surface area contributed by atoms with Gasteiger partial charge in [-0.2, -0.15) is 4.31 Å². The molecule has 1 atom stereocenters. The van der Waals surface area contributed by atoms with Crippen molar-refractivity contribution in [2.24, 2.45) is 0 Å². The number of ether oxygens (including phenoxy) is 2. The van der Waals surface area contributed by atoms with Crippen LogP contribution in [-0.4, -0.2) is 47.0 Å². The quantitative estimate of drug-likeness (QED) is 0.231. The van der Waals surface area contributed by atoms with E-state index in [1.165, 1.54) is 18.5 Å². The van der Waals surface area contributed by atoms with Crippen molar-refractivity contribution in [1.29, 1.82) is 0 Å². The SMILES string of the molecule is C=C(C(=O)OC)C(C)c1cc([Si](CC)(CC)CC)c(C(=O)OC)c2c1CN(S(=O)(=O)c1ccc(C)cc1)C2. The number of hydrogen-bond acceptors (Lipinski definition) is 6. The Morgan fingerprint density at radius 3 is 2.05 bits per heavy atom. The molecule has 2 aromatic carbocycles. The van der Waals surface area contributed by atoms with Gasteiger partial charge < -0.3 is 9.47 Å². The Hall–Kier alpha value is -2.75. The molecule has 9 heteroatoms. The Bertz CT molecular complexity index is 1340. The van der Waals surface area contributed by atoms with E-state index in [0.29, 0.717) is 11.1 Å². The van der Waals surface area contributed by atoms with Gasteiger partial charge in [0.15, 0.2) is 0 Å². The van der Waals surface area contributed by atoms with Crippen LogP contribution in [0.5, 0.6) is 0 Å². The summed E-state index contributed by atoms with van der Waals surface area (Å²) in [5.41, 5.74) is 3.94. The lowest BCUT2D eigenvalue weighted by atomic mass is 9.87. The molecule has 0 aromatic heterocycles. The van der Waals surface area contributed by atoms with Crippen molar-refractivity contribution in [2.45, 2.75) is 76.7 Å². The molecule has 2 aromatic rings. The van der Waals surface area contributed by atoms with E-state index in [1.807, 2.05) is 19.9 Å². The van der Waals surface area contributed by atoms with Crippen LogP contribution >= 0.6 is 0 Å². The smallest absolute Gasteiger partial charge is 0.338 e. The first-order valence-corrected chi connectivity index (χ1v) is 17.1. The number of esters is 2. The number of fused-ring (bicyclic) bond motifs is 1. The number of hydrogen-bond donors (Lipinski definition) is 0. The fraction of sp³-hybridized carbons (Fsp3) is 0.448. The number of aryl methyl sites for hydroxylation is 1. The summed E-state index contributed by atoms with van der Waals surface area (Å²) >= 11 is 0. The van der Waals surface area contributed by atoms with Gasteiger partial charge in [0.25, 0.3) is 0 Å². The lowest BCUT2D eigenvalue weighted by molar-refractivity contribution is -0.136. The number of carbonyl (C=O) groups excluding carboxylic acids is 2. The molecule has 1 heterocycles. The van der Waals surface area contributed by atoms with Crippen LogP contribution in [0.2, 0.25) is 18.1 Å². The molecule has 0 saturated heterocycles. The second-order valence-electron chi connectivity index (χ2n) is 10.0. The van der Waals surface area contributed by atoms with Crippen LogP contribution in [-0.2, 0) is 37.4 Å². The van der Waals surface area contributed by atoms with Gasteiger partial charge in [0.05, 0.1) is 32.8 Å². The van der Waals surface area contributed by atoms with Crippen LogP contribution in [0.1, 0.15) is 66.2 Å². The molecule has 0 radical (unpaired) electrons. The first-order chi connectivity index (χ1) is 17.9. The number of nitrogens with zero attached hydrogens (tertiary/aromatic N) is 1. The van der Waals surface area contributed by atoms with Crippen LogP contribution < -0.4 is 5.19 Å². The van der Waals surface area contributed by atoms with E-state index in [2.05, 4.69) is 27.4 Å². The van der Waals surface area contributed by atoms with Crippen molar-refractivity contribution in [2.75, 3.05) is 14.2 Å². The van der Waals surface area contributed by atoms with Crippen molar-refractivity contribution in [3.05, 3.63) is 70.3 Å². The number of benzene rings is 2. The topological polar surface area (TPSA) is 90.0 Å². The van der Waals surface area contributed by atoms with Gasteiger partial charge in [0.1, 0.15) is 0 Å². The highest BCUT2D eigenvalue weighted by atomic mass is 32.2. The molecule has 0 amide bonds. The average Bonchev–Trinajstić information content (AvgIpc) is 3.38. The molecule has 0 bridgehead atoms. The lowest BCUT2D eigenvalue weighted by Crippen LogP contribution is -2.49. The second-order valence-corrected chi connectivity index (χ2v) is 17.2. The standard InChI is InChI=1S/C29H39NO6SSi/c1-9-38(10-2,11-3)26-16-23(20(5)21(6)28(31)35-7)24-17-30(18-25(24)27(26)29(32)36-8)37(33,34)22-14-12-19(4)13-15-22/h12-16,20H,6,9-11,17-18H2,1-5,7-8H3. The van der Waals surface area contributed by atoms with Gasteiger partial charge in [-0.15, -0.1) is 0 Å². The summed E-state index contributed by atoms with van der Waals surface area (Å²) in [5.74, 6) is -1.40. The zero-order valence-electron chi connectivity index (χ0n) is 23.5. The van der Waals surface area contributed by atoms with Gasteiger partial charge in [0, 0.05) is 24.6 Å². The maximum absolute atomic E-state index is 13.7. The summed E-state index contributed by atoms with van der Waals surface area (Å²) in [6.45, 7) is 14.4. The summed E-state index contributed by atoms with van der Waals surface area (Å²) < 4.78 is 39.1. The normalized spacial score (nSPS) is 14.6. The highest BCUT2D eigenvalue weighted by Crippen LogP contribution is 2.39. The minimum Gasteiger partial charge on any atom is -0.466 e. The Balaban J connectivity index is 2.33. The maximum atomic E-state index is 13.7. The summed E-state index contributed by atoms with van der Waals surface area (Å²) in [5, 5.41) is 0.963. The van der Waals surface area contributed by atoms with Crippen molar-refractivity contribution >= 4 is 35.2 Å². The Morgan fingerprint density at radius 2 is 1.55 bits per heavy atom. The van der Waals surface area contributed by atoms with Crippen LogP contribution in [0, 0.1) is 6.92 Å². The highest BCUT2D eigenvalue weighted by molar-refractivity contribution is 7.89. The predicted molar refractivity (Wildman–Crippen MR) is 152 cm³/mol. The van der Waals surface area contributed by atoms with Crippen molar-refractivity contribution in [3.8, 4) is 0 Å². The molecule has 3 rings (SSSR count). The van der Waals surface area contributed by atoms with Gasteiger partial charge in [-0.25, -0.2) is 18.0 Å². The molecular weight excluding hydrogens is 518 g/mol. The molecule has 0 aliphatic carbocycles. The summed E-state index contributed by atoms with van der Waals surface area (Å²) in [7, 11) is -3.33. The zero-order chi connectivity index (χ0) is 28.4. The Kier molecular flexibility index (Phi) is 9.06. The number of rotatable bonds is 10. The monoisotopic (exact) mass is 557 g/mol. The third kappa shape index (κ3) is 5.11. The van der Waals surface area contributed by atoms with Crippen molar-refractivity contribution in [1.82, 2.24) is 4.31 Å². The number of methoxy groups -OCH3 is 2. The fourth-order valence-corrected chi connectivity index (χ4v) is 10.8. The Morgan fingerprint density at radius 1 is 1.00 bits per heavy atom. The first-order valence-electron chi connectivity index (χ1n) is 13.0. The van der Waals surface area contributed by atoms with Crippen LogP contribution in [0.25, 0.3) is 0 Å². The molecule has 1 aliphatic heterocycles. The largest absolute Gasteiger partial charge is 0.466 e. The van der Waals surface area contributed by atoms with Gasteiger partial charge in [-0.1, -0.05) is 76.2 Å². The molecule has 0 saturated carbocycles. The van der Waals surface area contributed by atoms with E-state index in [0.717, 1.165) is 40.0 Å². The maximum Gasteiger partial charge on any atom is 0.338 e. The summed E-state index contributed by atoms with van der Waals surface area (Å²) in [6.07, 6.45) is 0. The predicted octanol–water partition coefficient (Wildman–Crippen LogP) is 5.03. The molecule has 206 valence electrons. The fourth-order valence-electron chi connectivity index (χ4n) is 5.56. The molecule has 0 spiro atoms. The van der Waals surface area contributed by atoms with E-state index in [4.69, 9.17) is 9.47 Å². The molecule has 0 N–H and O–H groups in total. The van der Waals surface area contributed by atoms with Gasteiger partial charge in [-0.3, -0.25) is 0 Å². The average molecular weight is 558 g/mol. The van der Waals surface area contributed by atoms with E-state index in [1.54, 1.807) is 24.3 Å². The minimum absolute atomic E-state index is 0.0514. The molecule has 38 heavy (non-hydrogen) atoms. The zero-order valence-corrected chi connectivity index (χ0v) is 25.3. The molecule has 1 aliphatic rings. The summed E-state index contributed by atoms with van der Waals surface area (Å²) in [6, 6.07) is 11.5. The van der Waals surface area contributed by atoms with E-state index < -0.39 is 36.0 Å².